The second-order valence-electron chi connectivity index (χ2n) is 3.79. The van der Waals surface area contributed by atoms with Gasteiger partial charge in [0.1, 0.15) is 11.7 Å². The smallest absolute Gasteiger partial charge is 0.265 e. The number of carbonyl (C=O) groups is 1. The SMILES string of the molecule is CCN(C)c1noc(C2COCCC2=O)n1. The minimum absolute atomic E-state index is 0.112. The summed E-state index contributed by atoms with van der Waals surface area (Å²) in [6.07, 6.45) is 0.423. The van der Waals surface area contributed by atoms with Crippen LogP contribution in [0.5, 0.6) is 0 Å². The molecule has 1 saturated heterocycles. The standard InChI is InChI=1S/C10H15N3O3/c1-3-13(2)10-11-9(16-12-10)7-6-15-5-4-8(7)14/h7H,3-6H2,1-2H3. The van der Waals surface area contributed by atoms with E-state index < -0.39 is 0 Å². The Morgan fingerprint density at radius 3 is 3.06 bits per heavy atom. The zero-order chi connectivity index (χ0) is 11.5. The van der Waals surface area contributed by atoms with Crippen LogP contribution in [-0.2, 0) is 9.53 Å². The molecule has 0 radical (unpaired) electrons. The number of Topliss-reactive ketones (excluding diaryl/α,β-unsaturated/α-hetero) is 1. The van der Waals surface area contributed by atoms with E-state index in [0.717, 1.165) is 6.54 Å². The number of nitrogens with zero attached hydrogens (tertiary/aromatic N) is 3. The minimum Gasteiger partial charge on any atom is -0.380 e. The van der Waals surface area contributed by atoms with Crippen LogP contribution in [0, 0.1) is 0 Å². The van der Waals surface area contributed by atoms with Gasteiger partial charge >= 0.3 is 0 Å². The summed E-state index contributed by atoms with van der Waals surface area (Å²) in [6, 6.07) is 0. The van der Waals surface area contributed by atoms with Crippen LogP contribution in [0.25, 0.3) is 0 Å². The van der Waals surface area contributed by atoms with E-state index >= 15 is 0 Å². The average Bonchev–Trinajstić information content (AvgIpc) is 2.78. The van der Waals surface area contributed by atoms with Gasteiger partial charge in [0.25, 0.3) is 5.95 Å². The summed E-state index contributed by atoms with van der Waals surface area (Å²) < 4.78 is 10.3. The summed E-state index contributed by atoms with van der Waals surface area (Å²) in [5.41, 5.74) is 0. The molecule has 0 aliphatic carbocycles. The van der Waals surface area contributed by atoms with Crippen molar-refractivity contribution < 1.29 is 14.1 Å². The van der Waals surface area contributed by atoms with E-state index in [1.54, 1.807) is 0 Å². The molecule has 1 aliphatic heterocycles. The third-order valence-corrected chi connectivity index (χ3v) is 2.71. The highest BCUT2D eigenvalue weighted by Crippen LogP contribution is 2.22. The Morgan fingerprint density at radius 2 is 2.38 bits per heavy atom. The van der Waals surface area contributed by atoms with E-state index in [-0.39, 0.29) is 11.7 Å². The first kappa shape index (κ1) is 11.1. The Hall–Kier alpha value is -1.43. The largest absolute Gasteiger partial charge is 0.380 e. The second kappa shape index (κ2) is 4.61. The zero-order valence-electron chi connectivity index (χ0n) is 9.47. The fourth-order valence-electron chi connectivity index (χ4n) is 1.52. The van der Waals surface area contributed by atoms with Gasteiger partial charge in [-0.3, -0.25) is 4.79 Å². The van der Waals surface area contributed by atoms with Crippen molar-refractivity contribution in [1.82, 2.24) is 10.1 Å². The molecule has 2 heterocycles. The molecule has 1 aromatic heterocycles. The fourth-order valence-corrected chi connectivity index (χ4v) is 1.52. The highest BCUT2D eigenvalue weighted by molar-refractivity contribution is 5.85. The molecule has 1 aliphatic rings. The molecule has 0 amide bonds. The van der Waals surface area contributed by atoms with Crippen molar-refractivity contribution in [1.29, 1.82) is 0 Å². The maximum absolute atomic E-state index is 11.6. The lowest BCUT2D eigenvalue weighted by atomic mass is 10.0. The van der Waals surface area contributed by atoms with E-state index in [2.05, 4.69) is 10.1 Å². The normalized spacial score (nSPS) is 21.1. The molecule has 1 aromatic rings. The molecule has 1 unspecified atom stereocenters. The predicted molar refractivity (Wildman–Crippen MR) is 56.4 cm³/mol. The molecule has 6 nitrogen and oxygen atoms in total. The number of hydrogen-bond acceptors (Lipinski definition) is 6. The Labute approximate surface area is 93.6 Å². The predicted octanol–water partition coefficient (Wildman–Crippen LogP) is 0.599. The number of carbonyl (C=O) groups excluding carboxylic acids is 1. The molecule has 1 atom stereocenters. The highest BCUT2D eigenvalue weighted by atomic mass is 16.5. The number of ether oxygens (including phenoxy) is 1. The topological polar surface area (TPSA) is 68.5 Å². The third kappa shape index (κ3) is 2.06. The van der Waals surface area contributed by atoms with Gasteiger partial charge < -0.3 is 14.2 Å². The lowest BCUT2D eigenvalue weighted by molar-refractivity contribution is -0.127. The van der Waals surface area contributed by atoms with Crippen LogP contribution in [0.3, 0.4) is 0 Å². The minimum atomic E-state index is -0.389. The molecule has 0 aromatic carbocycles. The van der Waals surface area contributed by atoms with Gasteiger partial charge in [0.15, 0.2) is 0 Å². The lowest BCUT2D eigenvalue weighted by Gasteiger charge is -2.17. The summed E-state index contributed by atoms with van der Waals surface area (Å²) >= 11 is 0. The second-order valence-corrected chi connectivity index (χ2v) is 3.79. The van der Waals surface area contributed by atoms with Gasteiger partial charge in [-0.25, -0.2) is 0 Å². The highest BCUT2D eigenvalue weighted by Gasteiger charge is 2.30. The number of anilines is 1. The van der Waals surface area contributed by atoms with Gasteiger partial charge in [-0.15, -0.1) is 0 Å². The number of ketones is 1. The van der Waals surface area contributed by atoms with E-state index in [1.807, 2.05) is 18.9 Å². The number of aromatic nitrogens is 2. The molecule has 0 spiro atoms. The molecule has 1 fully saturated rings. The van der Waals surface area contributed by atoms with Crippen LogP contribution in [-0.4, -0.2) is 42.7 Å². The van der Waals surface area contributed by atoms with Gasteiger partial charge in [0.05, 0.1) is 13.2 Å². The summed E-state index contributed by atoms with van der Waals surface area (Å²) in [5.74, 6) is 0.594. The fraction of sp³-hybridized carbons (Fsp3) is 0.700. The van der Waals surface area contributed by atoms with Crippen LogP contribution < -0.4 is 4.90 Å². The summed E-state index contributed by atoms with van der Waals surface area (Å²) in [6.45, 7) is 3.61. The van der Waals surface area contributed by atoms with E-state index in [4.69, 9.17) is 9.26 Å². The summed E-state index contributed by atoms with van der Waals surface area (Å²) in [4.78, 5) is 17.7. The van der Waals surface area contributed by atoms with Crippen molar-refractivity contribution in [3.8, 4) is 0 Å². The third-order valence-electron chi connectivity index (χ3n) is 2.71. The van der Waals surface area contributed by atoms with Gasteiger partial charge in [-0.2, -0.15) is 4.98 Å². The van der Waals surface area contributed by atoms with Crippen molar-refractivity contribution in [2.45, 2.75) is 19.3 Å². The van der Waals surface area contributed by atoms with Crippen LogP contribution >= 0.6 is 0 Å². The molecule has 0 bridgehead atoms. The maximum Gasteiger partial charge on any atom is 0.265 e. The van der Waals surface area contributed by atoms with Gasteiger partial charge in [0.2, 0.25) is 5.89 Å². The van der Waals surface area contributed by atoms with Crippen molar-refractivity contribution >= 4 is 11.7 Å². The Morgan fingerprint density at radius 1 is 1.56 bits per heavy atom. The van der Waals surface area contributed by atoms with Crippen molar-refractivity contribution in [2.75, 3.05) is 31.7 Å². The van der Waals surface area contributed by atoms with Gasteiger partial charge in [0, 0.05) is 20.0 Å². The Bertz CT molecular complexity index is 377. The number of rotatable bonds is 3. The van der Waals surface area contributed by atoms with E-state index in [9.17, 15) is 4.79 Å². The van der Waals surface area contributed by atoms with E-state index in [0.29, 0.717) is 31.5 Å². The zero-order valence-corrected chi connectivity index (χ0v) is 9.47. The molecule has 16 heavy (non-hydrogen) atoms. The van der Waals surface area contributed by atoms with Gasteiger partial charge in [-0.1, -0.05) is 0 Å². The molecular weight excluding hydrogens is 210 g/mol. The van der Waals surface area contributed by atoms with Gasteiger partial charge in [-0.05, 0) is 12.1 Å². The van der Waals surface area contributed by atoms with Crippen molar-refractivity contribution in [3.05, 3.63) is 5.89 Å². The first-order valence-corrected chi connectivity index (χ1v) is 5.37. The maximum atomic E-state index is 11.6. The van der Waals surface area contributed by atoms with Crippen LogP contribution in [0.4, 0.5) is 5.95 Å². The molecule has 0 saturated carbocycles. The first-order valence-electron chi connectivity index (χ1n) is 5.37. The Kier molecular flexibility index (Phi) is 3.19. The number of hydrogen-bond donors (Lipinski definition) is 0. The molecule has 6 heteroatoms. The van der Waals surface area contributed by atoms with Crippen LogP contribution in [0.1, 0.15) is 25.2 Å². The average molecular weight is 225 g/mol. The molecule has 88 valence electrons. The van der Waals surface area contributed by atoms with Crippen LogP contribution in [0.15, 0.2) is 4.52 Å². The van der Waals surface area contributed by atoms with Crippen LogP contribution in [0.2, 0.25) is 0 Å². The van der Waals surface area contributed by atoms with Crippen molar-refractivity contribution in [2.24, 2.45) is 0 Å². The molecule has 2 rings (SSSR count). The quantitative estimate of drug-likeness (QED) is 0.750. The van der Waals surface area contributed by atoms with E-state index in [1.165, 1.54) is 0 Å². The lowest BCUT2D eigenvalue weighted by Crippen LogP contribution is -2.26. The monoisotopic (exact) mass is 225 g/mol. The molecular formula is C10H15N3O3. The molecule has 0 N–H and O–H groups in total. The van der Waals surface area contributed by atoms with Crippen molar-refractivity contribution in [3.63, 3.8) is 0 Å². The summed E-state index contributed by atoms with van der Waals surface area (Å²) in [5, 5.41) is 3.83. The Balaban J connectivity index is 2.14. The summed E-state index contributed by atoms with van der Waals surface area (Å²) in [7, 11) is 1.87. The first-order chi connectivity index (χ1) is 7.72.